The van der Waals surface area contributed by atoms with Crippen LogP contribution < -0.4 is 4.90 Å². The molecule has 0 saturated carbocycles. The van der Waals surface area contributed by atoms with Gasteiger partial charge in [0.15, 0.2) is 10.1 Å². The highest BCUT2D eigenvalue weighted by Gasteiger charge is 2.48. The van der Waals surface area contributed by atoms with Crippen molar-refractivity contribution in [2.24, 2.45) is 0 Å². The number of carbonyl (C=O) groups excluding carboxylic acids is 2. The van der Waals surface area contributed by atoms with E-state index in [0.29, 0.717) is 37.8 Å². The maximum Gasteiger partial charge on any atom is 0.301 e. The molecule has 1 N–H and O–H groups in total. The number of thioether (sulfide) groups is 1. The van der Waals surface area contributed by atoms with E-state index in [1.165, 1.54) is 44.3 Å². The number of aryl methyl sites for hydroxylation is 2. The highest BCUT2D eigenvalue weighted by atomic mass is 32.2. The number of aromatic nitrogens is 4. The minimum Gasteiger partial charge on any atom is -0.505 e. The molecule has 1 amide bonds. The normalized spacial score (nSPS) is 16.4. The molecule has 3 aromatic heterocycles. The fourth-order valence-electron chi connectivity index (χ4n) is 5.72. The summed E-state index contributed by atoms with van der Waals surface area (Å²) in [6.07, 6.45) is 2.62. The van der Waals surface area contributed by atoms with Crippen molar-refractivity contribution < 1.29 is 14.7 Å². The standard InChI is InChI=1S/C34H27N5O3S2/c1-3-21-14-16-23(17-15-21)29-27(30(40)28-20(2)35-26-13-6-7-18-38(26)28)31(41)32(42)39(29)33-36-37-34(44-33)43-19-24-11-8-10-22-9-4-5-12-25(22)24/h4-18,29,40H,3,19H2,1-2H3/b30-27+. The molecule has 10 heteroatoms. The smallest absolute Gasteiger partial charge is 0.301 e. The Morgan fingerprint density at radius 3 is 2.55 bits per heavy atom. The van der Waals surface area contributed by atoms with E-state index in [-0.39, 0.29) is 11.3 Å². The first-order chi connectivity index (χ1) is 21.4. The van der Waals surface area contributed by atoms with Crippen molar-refractivity contribution in [1.82, 2.24) is 19.6 Å². The largest absolute Gasteiger partial charge is 0.505 e. The highest BCUT2D eigenvalue weighted by Crippen LogP contribution is 2.44. The number of nitrogens with zero attached hydrogens (tertiary/aromatic N) is 5. The number of carbonyl (C=O) groups is 2. The van der Waals surface area contributed by atoms with Crippen LogP contribution in [-0.2, 0) is 21.8 Å². The van der Waals surface area contributed by atoms with Crippen LogP contribution in [0.3, 0.4) is 0 Å². The molecular formula is C34H27N5O3S2. The first-order valence-electron chi connectivity index (χ1n) is 14.2. The topological polar surface area (TPSA) is 101 Å². The van der Waals surface area contributed by atoms with Crippen molar-refractivity contribution in [3.8, 4) is 0 Å². The van der Waals surface area contributed by atoms with Crippen LogP contribution in [-0.4, -0.2) is 36.4 Å². The molecule has 0 bridgehead atoms. The third-order valence-electron chi connectivity index (χ3n) is 7.91. The molecule has 0 aliphatic carbocycles. The Bertz CT molecular complexity index is 2090. The van der Waals surface area contributed by atoms with Crippen LogP contribution in [0.5, 0.6) is 0 Å². The average Bonchev–Trinajstić information content (AvgIpc) is 3.73. The molecule has 4 heterocycles. The molecule has 1 aliphatic rings. The van der Waals surface area contributed by atoms with Gasteiger partial charge in [-0.3, -0.25) is 18.9 Å². The SMILES string of the molecule is CCc1ccc(C2/C(=C(\O)c3c(C)nc4ccccn34)C(=O)C(=O)N2c2nnc(SCc3cccc4ccccc34)s2)cc1. The monoisotopic (exact) mass is 617 g/mol. The molecule has 8 nitrogen and oxygen atoms in total. The van der Waals surface area contributed by atoms with Crippen molar-refractivity contribution in [3.63, 3.8) is 0 Å². The van der Waals surface area contributed by atoms with Gasteiger partial charge in [0.05, 0.1) is 17.3 Å². The molecule has 1 unspecified atom stereocenters. The fourth-order valence-corrected chi connectivity index (χ4v) is 7.59. The molecule has 0 radical (unpaired) electrons. The number of pyridine rings is 1. The van der Waals surface area contributed by atoms with Gasteiger partial charge in [-0.2, -0.15) is 0 Å². The second-order valence-electron chi connectivity index (χ2n) is 10.5. The summed E-state index contributed by atoms with van der Waals surface area (Å²) in [6.45, 7) is 3.83. The van der Waals surface area contributed by atoms with Gasteiger partial charge in [0, 0.05) is 11.9 Å². The van der Waals surface area contributed by atoms with Crippen molar-refractivity contribution in [3.05, 3.63) is 125 Å². The van der Waals surface area contributed by atoms with Gasteiger partial charge >= 0.3 is 5.91 Å². The lowest BCUT2D eigenvalue weighted by Gasteiger charge is -2.22. The number of benzene rings is 3. The van der Waals surface area contributed by atoms with Crippen LogP contribution in [0, 0.1) is 6.92 Å². The number of hydrogen-bond acceptors (Lipinski definition) is 8. The Kier molecular flexibility index (Phi) is 7.23. The summed E-state index contributed by atoms with van der Waals surface area (Å²) in [5.74, 6) is -1.15. The first kappa shape index (κ1) is 28.0. The van der Waals surface area contributed by atoms with Crippen LogP contribution in [0.1, 0.15) is 41.0 Å². The van der Waals surface area contributed by atoms with Crippen LogP contribution in [0.4, 0.5) is 5.13 Å². The van der Waals surface area contributed by atoms with E-state index in [1.54, 1.807) is 17.5 Å². The number of aliphatic hydroxyl groups excluding tert-OH is 1. The summed E-state index contributed by atoms with van der Waals surface area (Å²) in [7, 11) is 0. The van der Waals surface area contributed by atoms with Gasteiger partial charge < -0.3 is 5.11 Å². The number of imidazole rings is 1. The molecule has 1 aliphatic heterocycles. The number of rotatable bonds is 7. The van der Waals surface area contributed by atoms with E-state index in [9.17, 15) is 14.7 Å². The zero-order chi connectivity index (χ0) is 30.4. The third-order valence-corrected chi connectivity index (χ3v) is 10.0. The summed E-state index contributed by atoms with van der Waals surface area (Å²) >= 11 is 2.78. The van der Waals surface area contributed by atoms with Crippen LogP contribution in [0.15, 0.2) is 101 Å². The van der Waals surface area contributed by atoms with E-state index >= 15 is 0 Å². The fraction of sp³-hybridized carbons (Fsp3) is 0.147. The highest BCUT2D eigenvalue weighted by molar-refractivity contribution is 8.00. The minimum atomic E-state index is -0.890. The number of hydrogen-bond donors (Lipinski definition) is 1. The van der Waals surface area contributed by atoms with Crippen LogP contribution in [0.2, 0.25) is 0 Å². The zero-order valence-corrected chi connectivity index (χ0v) is 25.6. The summed E-state index contributed by atoms with van der Waals surface area (Å²) in [4.78, 5) is 33.4. The summed E-state index contributed by atoms with van der Waals surface area (Å²) < 4.78 is 2.40. The van der Waals surface area contributed by atoms with Gasteiger partial charge in [-0.15, -0.1) is 10.2 Å². The lowest BCUT2D eigenvalue weighted by Crippen LogP contribution is -2.29. The van der Waals surface area contributed by atoms with E-state index in [4.69, 9.17) is 0 Å². The molecular weight excluding hydrogens is 591 g/mol. The molecule has 44 heavy (non-hydrogen) atoms. The van der Waals surface area contributed by atoms with E-state index in [1.807, 2.05) is 60.7 Å². The Balaban J connectivity index is 1.29. The molecule has 1 fully saturated rings. The van der Waals surface area contributed by atoms with Crippen molar-refractivity contribution in [2.45, 2.75) is 36.4 Å². The van der Waals surface area contributed by atoms with Crippen LogP contribution in [0.25, 0.3) is 22.2 Å². The quantitative estimate of drug-likeness (QED) is 0.0669. The molecule has 218 valence electrons. The van der Waals surface area contributed by atoms with E-state index in [2.05, 4.69) is 46.4 Å². The predicted molar refractivity (Wildman–Crippen MR) is 174 cm³/mol. The van der Waals surface area contributed by atoms with Gasteiger partial charge in [-0.25, -0.2) is 4.98 Å². The maximum absolute atomic E-state index is 13.7. The van der Waals surface area contributed by atoms with Crippen molar-refractivity contribution in [2.75, 3.05) is 4.90 Å². The van der Waals surface area contributed by atoms with Gasteiger partial charge in [0.1, 0.15) is 11.3 Å². The van der Waals surface area contributed by atoms with Crippen LogP contribution >= 0.6 is 23.1 Å². The molecule has 1 atom stereocenters. The zero-order valence-electron chi connectivity index (χ0n) is 24.0. The Morgan fingerprint density at radius 1 is 0.955 bits per heavy atom. The van der Waals surface area contributed by atoms with Gasteiger partial charge in [-0.05, 0) is 52.9 Å². The Labute approximate surface area is 261 Å². The number of ketones is 1. The molecule has 1 saturated heterocycles. The second-order valence-corrected chi connectivity index (χ2v) is 12.7. The Hall–Kier alpha value is -4.80. The lowest BCUT2D eigenvalue weighted by molar-refractivity contribution is -0.132. The molecule has 0 spiro atoms. The molecule has 6 aromatic rings. The number of fused-ring (bicyclic) bond motifs is 2. The van der Waals surface area contributed by atoms with Gasteiger partial charge in [-0.1, -0.05) is 103 Å². The first-order valence-corrected chi connectivity index (χ1v) is 16.0. The van der Waals surface area contributed by atoms with Gasteiger partial charge in [0.2, 0.25) is 5.13 Å². The average molecular weight is 618 g/mol. The molecule has 3 aromatic carbocycles. The minimum absolute atomic E-state index is 0.00633. The van der Waals surface area contributed by atoms with Gasteiger partial charge in [0.25, 0.3) is 5.78 Å². The summed E-state index contributed by atoms with van der Waals surface area (Å²) in [5.41, 5.74) is 4.51. The van der Waals surface area contributed by atoms with E-state index < -0.39 is 17.7 Å². The van der Waals surface area contributed by atoms with Crippen molar-refractivity contribution in [1.29, 1.82) is 0 Å². The van der Waals surface area contributed by atoms with Crippen molar-refractivity contribution >= 4 is 62.1 Å². The predicted octanol–water partition coefficient (Wildman–Crippen LogP) is 7.13. The second kappa shape index (κ2) is 11.4. The third kappa shape index (κ3) is 4.76. The summed E-state index contributed by atoms with van der Waals surface area (Å²) in [5, 5.41) is 23.1. The number of anilines is 1. The Morgan fingerprint density at radius 2 is 1.73 bits per heavy atom. The maximum atomic E-state index is 13.7. The summed E-state index contributed by atoms with van der Waals surface area (Å²) in [6, 6.07) is 26.8. The number of amides is 1. The lowest BCUT2D eigenvalue weighted by atomic mass is 9.95. The number of Topliss-reactive ketones (excluding diaryl/α,β-unsaturated/α-hetero) is 1. The molecule has 7 rings (SSSR count). The number of aliphatic hydroxyl groups is 1. The van der Waals surface area contributed by atoms with E-state index in [0.717, 1.165) is 12.0 Å².